The van der Waals surface area contributed by atoms with Crippen molar-refractivity contribution in [1.82, 2.24) is 13.6 Å². The summed E-state index contributed by atoms with van der Waals surface area (Å²) in [7, 11) is -3.66. The van der Waals surface area contributed by atoms with Gasteiger partial charge in [0.15, 0.2) is 0 Å². The molecule has 4 N–H and O–H groups in total. The highest BCUT2D eigenvalue weighted by Gasteiger charge is 2.33. The highest BCUT2D eigenvalue weighted by Crippen LogP contribution is 2.26. The van der Waals surface area contributed by atoms with Crippen molar-refractivity contribution >= 4 is 50.8 Å². The lowest BCUT2D eigenvalue weighted by atomic mass is 10.1. The first-order valence-electron chi connectivity index (χ1n) is 11.8. The maximum atomic E-state index is 13.3. The number of benzene rings is 1. The Balaban J connectivity index is 1.51. The number of nitrogens with zero attached hydrogens (tertiary/aromatic N) is 3. The number of anilines is 2. The number of allylic oxidation sites excluding steroid dienone is 1. The lowest BCUT2D eigenvalue weighted by molar-refractivity contribution is -0.116. The number of nitrogens with one attached hydrogen (secondary N) is 2. The fraction of sp³-hybridized carbons (Fsp3) is 0.280. The quantitative estimate of drug-likeness (QED) is 0.436. The molecule has 0 radical (unpaired) electrons. The zero-order valence-corrected chi connectivity index (χ0v) is 21.6. The largest absolute Gasteiger partial charge is 0.486 e. The molecule has 1 fully saturated rings. The van der Waals surface area contributed by atoms with Crippen LogP contribution in [0.1, 0.15) is 17.5 Å². The molecule has 0 spiro atoms. The van der Waals surface area contributed by atoms with Crippen LogP contribution in [-0.4, -0.2) is 60.5 Å². The number of carbonyl (C=O) groups excluding carboxylic acids is 1. The van der Waals surface area contributed by atoms with Crippen molar-refractivity contribution < 1.29 is 17.9 Å². The van der Waals surface area contributed by atoms with E-state index in [1.165, 1.54) is 4.31 Å². The number of fused-ring (bicyclic) bond motifs is 3. The molecule has 2 aromatic heterocycles. The van der Waals surface area contributed by atoms with Gasteiger partial charge in [-0.25, -0.2) is 8.42 Å². The van der Waals surface area contributed by atoms with Gasteiger partial charge in [-0.15, -0.1) is 0 Å². The number of pyridine rings is 1. The Morgan fingerprint density at radius 1 is 1.19 bits per heavy atom. The van der Waals surface area contributed by atoms with Crippen molar-refractivity contribution in [2.75, 3.05) is 37.4 Å². The van der Waals surface area contributed by atoms with Gasteiger partial charge in [0.1, 0.15) is 11.5 Å². The second kappa shape index (κ2) is 10.1. The normalized spacial score (nSPS) is 19.8. The Morgan fingerprint density at radius 3 is 2.81 bits per heavy atom. The summed E-state index contributed by atoms with van der Waals surface area (Å²) >= 11 is 6.06. The monoisotopic (exact) mass is 542 g/mol. The van der Waals surface area contributed by atoms with Crippen LogP contribution in [0, 0.1) is 5.41 Å². The van der Waals surface area contributed by atoms with Gasteiger partial charge in [-0.05, 0) is 60.4 Å². The van der Waals surface area contributed by atoms with Crippen molar-refractivity contribution in [3.05, 3.63) is 76.3 Å². The molecule has 2 aliphatic rings. The van der Waals surface area contributed by atoms with E-state index in [4.69, 9.17) is 27.5 Å². The number of halogens is 1. The first-order valence-corrected chi connectivity index (χ1v) is 13.8. The van der Waals surface area contributed by atoms with Crippen LogP contribution in [-0.2, 0) is 31.7 Å². The molecule has 3 aromatic rings. The van der Waals surface area contributed by atoms with Crippen molar-refractivity contribution in [3.8, 4) is 0 Å². The smallest absolute Gasteiger partial charge is 0.293 e. The third-order valence-corrected chi connectivity index (χ3v) is 8.49. The van der Waals surface area contributed by atoms with E-state index in [1.54, 1.807) is 41.4 Å². The molecule has 2 aliphatic heterocycles. The van der Waals surface area contributed by atoms with Crippen molar-refractivity contribution in [1.29, 1.82) is 5.41 Å². The lowest BCUT2D eigenvalue weighted by Gasteiger charge is -2.23. The van der Waals surface area contributed by atoms with Crippen LogP contribution < -0.4 is 11.1 Å². The third kappa shape index (κ3) is 5.15. The molecule has 0 aliphatic carbocycles. The summed E-state index contributed by atoms with van der Waals surface area (Å²) in [6.45, 7) is 0.770. The number of rotatable bonds is 3. The molecule has 1 unspecified atom stereocenters. The van der Waals surface area contributed by atoms with E-state index in [1.807, 2.05) is 16.5 Å². The zero-order valence-electron chi connectivity index (χ0n) is 20.0. The molecule has 1 saturated heterocycles. The Labute approximate surface area is 219 Å². The summed E-state index contributed by atoms with van der Waals surface area (Å²) in [6.07, 6.45) is 4.00. The number of nitrogen functional groups attached to an aromatic ring is 1. The van der Waals surface area contributed by atoms with Crippen molar-refractivity contribution in [2.24, 2.45) is 0 Å². The van der Waals surface area contributed by atoms with Crippen LogP contribution in [0.25, 0.3) is 5.52 Å². The minimum atomic E-state index is -3.66. The molecule has 4 heterocycles. The van der Waals surface area contributed by atoms with Crippen LogP contribution in [0.15, 0.2) is 60.1 Å². The van der Waals surface area contributed by atoms with E-state index in [0.29, 0.717) is 41.5 Å². The fourth-order valence-corrected chi connectivity index (χ4v) is 6.31. The number of amides is 1. The number of hydrogen-bond acceptors (Lipinski definition) is 7. The summed E-state index contributed by atoms with van der Waals surface area (Å²) in [6, 6.07) is 12.2. The number of aryl methyl sites for hydroxylation is 1. The second-order valence-electron chi connectivity index (χ2n) is 9.00. The molecule has 10 nitrogen and oxygen atoms in total. The predicted molar refractivity (Wildman–Crippen MR) is 143 cm³/mol. The molecule has 0 saturated carbocycles. The summed E-state index contributed by atoms with van der Waals surface area (Å²) in [5, 5.41) is 11.3. The molecular weight excluding hydrogens is 516 g/mol. The van der Waals surface area contributed by atoms with E-state index in [9.17, 15) is 13.2 Å². The standard InChI is InChI=1S/C25H27ClN6O4S/c26-19-4-1-5-20(13-19)29-25(33)24-22(14-27)30-8-9-31(16-30)37(34,35)15-17-6-7-32-21(11-17)18(12-23(32)28)3-2-10-36-24/h1,4-7,11-14,27H,2-3,8-10,15-16,28H2,(H,29,33). The van der Waals surface area contributed by atoms with E-state index >= 15 is 0 Å². The molecule has 194 valence electrons. The van der Waals surface area contributed by atoms with Crippen LogP contribution >= 0.6 is 11.6 Å². The summed E-state index contributed by atoms with van der Waals surface area (Å²) in [4.78, 5) is 15.0. The third-order valence-electron chi connectivity index (χ3n) is 6.47. The van der Waals surface area contributed by atoms with Crippen molar-refractivity contribution in [2.45, 2.75) is 18.6 Å². The maximum absolute atomic E-state index is 13.3. The van der Waals surface area contributed by atoms with Gasteiger partial charge in [-0.1, -0.05) is 17.7 Å². The van der Waals surface area contributed by atoms with Crippen LogP contribution in [0.4, 0.5) is 11.5 Å². The highest BCUT2D eigenvalue weighted by molar-refractivity contribution is 7.88. The SMILES string of the molecule is N=CC1=C(C(=O)Nc2cccc(Cl)c2)OCCCc2cc(N)n3ccc(cc23)CS(=O)(=O)N2CCN1C2. The molecule has 5 rings (SSSR count). The Hall–Kier alpha value is -3.54. The minimum Gasteiger partial charge on any atom is -0.486 e. The predicted octanol–water partition coefficient (Wildman–Crippen LogP) is 3.04. The lowest BCUT2D eigenvalue weighted by Crippen LogP contribution is -2.33. The highest BCUT2D eigenvalue weighted by atomic mass is 35.5. The molecule has 1 atom stereocenters. The van der Waals surface area contributed by atoms with Gasteiger partial charge in [0.25, 0.3) is 5.91 Å². The molecule has 12 heteroatoms. The van der Waals surface area contributed by atoms with Gasteiger partial charge in [0, 0.05) is 36.2 Å². The van der Waals surface area contributed by atoms with Gasteiger partial charge >= 0.3 is 0 Å². The van der Waals surface area contributed by atoms with E-state index in [0.717, 1.165) is 17.3 Å². The minimum absolute atomic E-state index is 0.00984. The maximum Gasteiger partial charge on any atom is 0.293 e. The van der Waals surface area contributed by atoms with E-state index < -0.39 is 15.9 Å². The number of sulfonamides is 1. The molecule has 1 aromatic carbocycles. The van der Waals surface area contributed by atoms with Gasteiger partial charge < -0.3 is 30.5 Å². The van der Waals surface area contributed by atoms with Crippen molar-refractivity contribution in [3.63, 3.8) is 0 Å². The van der Waals surface area contributed by atoms with Gasteiger partial charge in [0.05, 0.1) is 24.5 Å². The van der Waals surface area contributed by atoms with Crippen LogP contribution in [0.5, 0.6) is 0 Å². The first-order chi connectivity index (χ1) is 17.7. The zero-order chi connectivity index (χ0) is 26.2. The van der Waals surface area contributed by atoms with Gasteiger partial charge in [-0.3, -0.25) is 4.79 Å². The first kappa shape index (κ1) is 25.1. The molecule has 37 heavy (non-hydrogen) atoms. The van der Waals surface area contributed by atoms with E-state index in [-0.39, 0.29) is 37.0 Å². The Bertz CT molecular complexity index is 1520. The number of hydrogen-bond donors (Lipinski definition) is 3. The Kier molecular flexibility index (Phi) is 6.84. The average Bonchev–Trinajstić information content (AvgIpc) is 3.46. The summed E-state index contributed by atoms with van der Waals surface area (Å²) in [5.74, 6) is -0.201. The topological polar surface area (TPSA) is 133 Å². The van der Waals surface area contributed by atoms with E-state index in [2.05, 4.69) is 5.32 Å². The fourth-order valence-electron chi connectivity index (χ4n) is 4.67. The number of carbonyl (C=O) groups is 1. The second-order valence-corrected chi connectivity index (χ2v) is 11.4. The molecule has 4 bridgehead atoms. The Morgan fingerprint density at radius 2 is 2.03 bits per heavy atom. The number of ether oxygens (including phenoxy) is 1. The summed E-state index contributed by atoms with van der Waals surface area (Å²) in [5.41, 5.74) is 9.34. The summed E-state index contributed by atoms with van der Waals surface area (Å²) < 4.78 is 35.7. The van der Waals surface area contributed by atoms with Gasteiger partial charge in [-0.2, -0.15) is 4.31 Å². The number of aromatic nitrogens is 1. The van der Waals surface area contributed by atoms with Gasteiger partial charge in [0.2, 0.25) is 15.8 Å². The average molecular weight is 543 g/mol. The van der Waals surface area contributed by atoms with Crippen LogP contribution in [0.2, 0.25) is 5.02 Å². The molecular formula is C25H27ClN6O4S. The van der Waals surface area contributed by atoms with Crippen LogP contribution in [0.3, 0.4) is 0 Å². The number of nitrogens with two attached hydrogens (primary N) is 1. The molecule has 1 amide bonds.